The molecule has 1 N–H and O–H groups in total. The summed E-state index contributed by atoms with van der Waals surface area (Å²) in [6.07, 6.45) is 3.94. The summed E-state index contributed by atoms with van der Waals surface area (Å²) in [5.41, 5.74) is 0. The third kappa shape index (κ3) is 2.93. The lowest BCUT2D eigenvalue weighted by Gasteiger charge is -2.32. The molecule has 0 radical (unpaired) electrons. The van der Waals surface area contributed by atoms with Gasteiger partial charge >= 0.3 is 0 Å². The van der Waals surface area contributed by atoms with E-state index in [1.165, 1.54) is 0 Å². The van der Waals surface area contributed by atoms with Gasteiger partial charge in [-0.15, -0.1) is 0 Å². The molecule has 1 rings (SSSR count). The van der Waals surface area contributed by atoms with Gasteiger partial charge in [-0.05, 0) is 26.2 Å². The zero-order valence-electron chi connectivity index (χ0n) is 8.99. The van der Waals surface area contributed by atoms with Crippen molar-refractivity contribution in [3.8, 4) is 0 Å². The van der Waals surface area contributed by atoms with Crippen molar-refractivity contribution in [1.29, 1.82) is 0 Å². The van der Waals surface area contributed by atoms with Gasteiger partial charge in [-0.2, -0.15) is 12.7 Å². The Bertz CT molecular complexity index is 264. The third-order valence-electron chi connectivity index (χ3n) is 2.59. The highest BCUT2D eigenvalue weighted by molar-refractivity contribution is 7.87. The molecule has 0 aliphatic carbocycles. The molecular weight excluding hydrogens is 200 g/mol. The summed E-state index contributed by atoms with van der Waals surface area (Å²) < 4.78 is 27.7. The van der Waals surface area contributed by atoms with Crippen LogP contribution >= 0.6 is 0 Å². The first-order valence-electron chi connectivity index (χ1n) is 5.34. The SMILES string of the molecule is CCCNS(=O)(=O)N1CCCCC1C. The molecule has 0 aromatic rings. The van der Waals surface area contributed by atoms with Gasteiger partial charge in [0.15, 0.2) is 0 Å². The summed E-state index contributed by atoms with van der Waals surface area (Å²) >= 11 is 0. The summed E-state index contributed by atoms with van der Waals surface area (Å²) in [4.78, 5) is 0. The van der Waals surface area contributed by atoms with Crippen LogP contribution in [-0.2, 0) is 10.2 Å². The topological polar surface area (TPSA) is 49.4 Å². The van der Waals surface area contributed by atoms with Gasteiger partial charge in [0.05, 0.1) is 0 Å². The van der Waals surface area contributed by atoms with E-state index in [0.29, 0.717) is 13.1 Å². The van der Waals surface area contributed by atoms with Crippen molar-refractivity contribution in [1.82, 2.24) is 9.03 Å². The maximum Gasteiger partial charge on any atom is 0.279 e. The second-order valence-electron chi connectivity index (χ2n) is 3.85. The van der Waals surface area contributed by atoms with Crippen LogP contribution in [0.4, 0.5) is 0 Å². The van der Waals surface area contributed by atoms with E-state index in [2.05, 4.69) is 4.72 Å². The Labute approximate surface area is 86.9 Å². The van der Waals surface area contributed by atoms with E-state index >= 15 is 0 Å². The molecule has 1 aliphatic rings. The Hall–Kier alpha value is -0.130. The molecule has 5 heteroatoms. The Morgan fingerprint density at radius 1 is 1.43 bits per heavy atom. The molecular formula is C9H20N2O2S. The summed E-state index contributed by atoms with van der Waals surface area (Å²) in [5.74, 6) is 0. The first kappa shape index (κ1) is 11.9. The molecule has 0 amide bonds. The average Bonchev–Trinajstić information content (AvgIpc) is 2.15. The van der Waals surface area contributed by atoms with Crippen LogP contribution in [0.1, 0.15) is 39.5 Å². The zero-order valence-corrected chi connectivity index (χ0v) is 9.81. The molecule has 84 valence electrons. The van der Waals surface area contributed by atoms with E-state index in [0.717, 1.165) is 25.7 Å². The van der Waals surface area contributed by atoms with Gasteiger partial charge in [0.1, 0.15) is 0 Å². The third-order valence-corrected chi connectivity index (χ3v) is 4.31. The van der Waals surface area contributed by atoms with E-state index < -0.39 is 10.2 Å². The molecule has 1 unspecified atom stereocenters. The molecule has 1 saturated heterocycles. The van der Waals surface area contributed by atoms with Gasteiger partial charge in [-0.3, -0.25) is 0 Å². The Balaban J connectivity index is 2.60. The van der Waals surface area contributed by atoms with Gasteiger partial charge < -0.3 is 0 Å². The molecule has 1 aliphatic heterocycles. The molecule has 0 aromatic heterocycles. The summed E-state index contributed by atoms with van der Waals surface area (Å²) in [6, 6.07) is 0.151. The van der Waals surface area contributed by atoms with Crippen molar-refractivity contribution < 1.29 is 8.42 Å². The van der Waals surface area contributed by atoms with Crippen LogP contribution in [0.5, 0.6) is 0 Å². The standard InChI is InChI=1S/C9H20N2O2S/c1-3-7-10-14(12,13)11-8-5-4-6-9(11)2/h9-10H,3-8H2,1-2H3. The minimum atomic E-state index is -3.21. The fourth-order valence-corrected chi connectivity index (χ4v) is 3.32. The maximum atomic E-state index is 11.8. The Kier molecular flexibility index (Phi) is 4.34. The fourth-order valence-electron chi connectivity index (χ4n) is 1.74. The van der Waals surface area contributed by atoms with Crippen molar-refractivity contribution in [2.45, 2.75) is 45.6 Å². The van der Waals surface area contributed by atoms with Crippen molar-refractivity contribution in [2.75, 3.05) is 13.1 Å². The van der Waals surface area contributed by atoms with Gasteiger partial charge in [0, 0.05) is 19.1 Å². The zero-order chi connectivity index (χ0) is 10.6. The van der Waals surface area contributed by atoms with Crippen LogP contribution in [0.25, 0.3) is 0 Å². The van der Waals surface area contributed by atoms with Crippen LogP contribution in [0.15, 0.2) is 0 Å². The van der Waals surface area contributed by atoms with Crippen molar-refractivity contribution in [2.24, 2.45) is 0 Å². The predicted molar refractivity (Wildman–Crippen MR) is 57.2 cm³/mol. The smallest absolute Gasteiger partial charge is 0.202 e. The predicted octanol–water partition coefficient (Wildman–Crippen LogP) is 1.11. The first-order valence-corrected chi connectivity index (χ1v) is 6.78. The van der Waals surface area contributed by atoms with Gasteiger partial charge in [0.2, 0.25) is 0 Å². The highest BCUT2D eigenvalue weighted by Gasteiger charge is 2.28. The fraction of sp³-hybridized carbons (Fsp3) is 1.00. The summed E-state index contributed by atoms with van der Waals surface area (Å²) in [7, 11) is -3.21. The average molecular weight is 220 g/mol. The minimum absolute atomic E-state index is 0.151. The highest BCUT2D eigenvalue weighted by atomic mass is 32.2. The van der Waals surface area contributed by atoms with Crippen molar-refractivity contribution >= 4 is 10.2 Å². The normalized spacial score (nSPS) is 25.1. The minimum Gasteiger partial charge on any atom is -0.202 e. The van der Waals surface area contributed by atoms with Crippen LogP contribution in [0, 0.1) is 0 Å². The van der Waals surface area contributed by atoms with Crippen LogP contribution in [-0.4, -0.2) is 31.9 Å². The molecule has 1 heterocycles. The molecule has 0 spiro atoms. The van der Waals surface area contributed by atoms with E-state index in [4.69, 9.17) is 0 Å². The molecule has 4 nitrogen and oxygen atoms in total. The molecule has 1 atom stereocenters. The lowest BCUT2D eigenvalue weighted by Crippen LogP contribution is -2.47. The van der Waals surface area contributed by atoms with E-state index in [1.807, 2.05) is 13.8 Å². The number of rotatable bonds is 4. The molecule has 0 saturated carbocycles. The molecule has 0 aromatic carbocycles. The van der Waals surface area contributed by atoms with Crippen LogP contribution < -0.4 is 4.72 Å². The lowest BCUT2D eigenvalue weighted by atomic mass is 10.1. The molecule has 1 fully saturated rings. The molecule has 0 bridgehead atoms. The van der Waals surface area contributed by atoms with Crippen LogP contribution in [0.3, 0.4) is 0 Å². The summed E-state index contributed by atoms with van der Waals surface area (Å²) in [5, 5.41) is 0. The lowest BCUT2D eigenvalue weighted by molar-refractivity contribution is 0.265. The summed E-state index contributed by atoms with van der Waals surface area (Å²) in [6.45, 7) is 5.14. The van der Waals surface area contributed by atoms with Gasteiger partial charge in [0.25, 0.3) is 10.2 Å². The second kappa shape index (κ2) is 5.09. The monoisotopic (exact) mass is 220 g/mol. The maximum absolute atomic E-state index is 11.8. The van der Waals surface area contributed by atoms with E-state index in [-0.39, 0.29) is 6.04 Å². The van der Waals surface area contributed by atoms with Gasteiger partial charge in [-0.1, -0.05) is 13.3 Å². The van der Waals surface area contributed by atoms with Crippen LogP contribution in [0.2, 0.25) is 0 Å². The first-order chi connectivity index (χ1) is 6.58. The number of nitrogens with one attached hydrogen (secondary N) is 1. The van der Waals surface area contributed by atoms with E-state index in [9.17, 15) is 8.42 Å². The highest BCUT2D eigenvalue weighted by Crippen LogP contribution is 2.18. The number of hydrogen-bond donors (Lipinski definition) is 1. The Morgan fingerprint density at radius 2 is 2.14 bits per heavy atom. The number of piperidine rings is 1. The molecule has 14 heavy (non-hydrogen) atoms. The Morgan fingerprint density at radius 3 is 2.71 bits per heavy atom. The number of nitrogens with zero attached hydrogens (tertiary/aromatic N) is 1. The number of hydrogen-bond acceptors (Lipinski definition) is 2. The van der Waals surface area contributed by atoms with E-state index in [1.54, 1.807) is 4.31 Å². The quantitative estimate of drug-likeness (QED) is 0.771. The van der Waals surface area contributed by atoms with Crippen molar-refractivity contribution in [3.63, 3.8) is 0 Å². The second-order valence-corrected chi connectivity index (χ2v) is 5.56. The largest absolute Gasteiger partial charge is 0.279 e. The van der Waals surface area contributed by atoms with Gasteiger partial charge in [-0.25, -0.2) is 4.72 Å². The van der Waals surface area contributed by atoms with Crippen molar-refractivity contribution in [3.05, 3.63) is 0 Å².